The molecule has 0 aliphatic heterocycles. The van der Waals surface area contributed by atoms with E-state index in [0.717, 1.165) is 0 Å². The van der Waals surface area contributed by atoms with Crippen molar-refractivity contribution >= 4 is 22.7 Å². The summed E-state index contributed by atoms with van der Waals surface area (Å²) < 4.78 is 12.8. The summed E-state index contributed by atoms with van der Waals surface area (Å²) in [5.41, 5.74) is 5.63. The number of aromatic nitrogens is 5. The monoisotopic (exact) mass is 281 g/mol. The van der Waals surface area contributed by atoms with Gasteiger partial charge in [0.15, 0.2) is 0 Å². The molecule has 0 spiro atoms. The highest BCUT2D eigenvalue weighted by molar-refractivity contribution is 7.84. The molecule has 102 valence electrons. The van der Waals surface area contributed by atoms with Crippen molar-refractivity contribution in [1.82, 2.24) is 24.7 Å². The van der Waals surface area contributed by atoms with Crippen molar-refractivity contribution < 1.29 is 4.21 Å². The Kier molecular flexibility index (Phi) is 4.05. The third-order valence-corrected chi connectivity index (χ3v) is 3.76. The predicted octanol–water partition coefficient (Wildman–Crippen LogP) is -0.182. The van der Waals surface area contributed by atoms with E-state index in [0.29, 0.717) is 18.4 Å². The highest BCUT2D eigenvalue weighted by Gasteiger charge is 2.09. The number of nitrogens with one attached hydrogen (secondary N) is 1. The molecule has 0 bridgehead atoms. The van der Waals surface area contributed by atoms with Crippen LogP contribution in [0.5, 0.6) is 0 Å². The standard InChI is InChI=1S/C10H15N7OS/c1-7(19(2)18)6-12-9-14-8(11)15-10(16-9)17-5-3-4-13-17/h3-5,7H,6H2,1-2H3,(H3,11,12,14,15,16). The van der Waals surface area contributed by atoms with E-state index in [-0.39, 0.29) is 11.2 Å². The van der Waals surface area contributed by atoms with Crippen molar-refractivity contribution in [1.29, 1.82) is 0 Å². The maximum atomic E-state index is 11.3. The van der Waals surface area contributed by atoms with E-state index < -0.39 is 10.8 Å². The lowest BCUT2D eigenvalue weighted by molar-refractivity contribution is 0.678. The molecule has 0 radical (unpaired) electrons. The van der Waals surface area contributed by atoms with Crippen molar-refractivity contribution in [3.05, 3.63) is 18.5 Å². The highest BCUT2D eigenvalue weighted by Crippen LogP contribution is 2.06. The minimum absolute atomic E-state index is 0.00820. The van der Waals surface area contributed by atoms with Crippen LogP contribution in [0, 0.1) is 0 Å². The van der Waals surface area contributed by atoms with Crippen LogP contribution in [0.25, 0.3) is 5.95 Å². The SMILES string of the molecule is CC(CNc1nc(N)nc(-n2cccn2)n1)S(C)=O. The van der Waals surface area contributed by atoms with Crippen molar-refractivity contribution in [3.63, 3.8) is 0 Å². The van der Waals surface area contributed by atoms with Gasteiger partial charge in [0.25, 0.3) is 5.95 Å². The molecular formula is C10H15N7OS. The summed E-state index contributed by atoms with van der Waals surface area (Å²) in [6, 6.07) is 1.76. The van der Waals surface area contributed by atoms with Gasteiger partial charge in [-0.2, -0.15) is 20.1 Å². The summed E-state index contributed by atoms with van der Waals surface area (Å²) >= 11 is 0. The van der Waals surface area contributed by atoms with Crippen LogP contribution in [0.3, 0.4) is 0 Å². The zero-order valence-electron chi connectivity index (χ0n) is 10.6. The topological polar surface area (TPSA) is 112 Å². The van der Waals surface area contributed by atoms with Crippen molar-refractivity contribution in [2.75, 3.05) is 23.9 Å². The first-order valence-corrected chi connectivity index (χ1v) is 7.26. The molecule has 0 amide bonds. The molecule has 2 heterocycles. The highest BCUT2D eigenvalue weighted by atomic mass is 32.2. The second-order valence-corrected chi connectivity index (χ2v) is 5.76. The number of hydrogen-bond donors (Lipinski definition) is 2. The van der Waals surface area contributed by atoms with E-state index in [1.54, 1.807) is 24.7 Å². The minimum Gasteiger partial charge on any atom is -0.368 e. The molecule has 19 heavy (non-hydrogen) atoms. The molecule has 8 nitrogen and oxygen atoms in total. The number of hydrogen-bond acceptors (Lipinski definition) is 7. The van der Waals surface area contributed by atoms with Gasteiger partial charge in [-0.15, -0.1) is 0 Å². The molecule has 9 heteroatoms. The smallest absolute Gasteiger partial charge is 0.257 e. The Labute approximate surface area is 112 Å². The molecule has 2 rings (SSSR count). The van der Waals surface area contributed by atoms with Gasteiger partial charge in [0, 0.05) is 41.2 Å². The van der Waals surface area contributed by atoms with Crippen LogP contribution < -0.4 is 11.1 Å². The van der Waals surface area contributed by atoms with Crippen LogP contribution in [0.15, 0.2) is 18.5 Å². The Morgan fingerprint density at radius 1 is 1.47 bits per heavy atom. The molecule has 2 aromatic heterocycles. The normalized spacial score (nSPS) is 14.0. The van der Waals surface area contributed by atoms with Crippen LogP contribution >= 0.6 is 0 Å². The second kappa shape index (κ2) is 5.74. The summed E-state index contributed by atoms with van der Waals surface area (Å²) in [5.74, 6) is 0.786. The van der Waals surface area contributed by atoms with E-state index in [1.807, 2.05) is 6.92 Å². The van der Waals surface area contributed by atoms with Gasteiger partial charge >= 0.3 is 0 Å². The van der Waals surface area contributed by atoms with Crippen LogP contribution in [0.4, 0.5) is 11.9 Å². The summed E-state index contributed by atoms with van der Waals surface area (Å²) in [5, 5.41) is 7.01. The summed E-state index contributed by atoms with van der Waals surface area (Å²) in [7, 11) is -0.907. The lowest BCUT2D eigenvalue weighted by Crippen LogP contribution is -2.22. The van der Waals surface area contributed by atoms with Gasteiger partial charge in [0.05, 0.1) is 0 Å². The Balaban J connectivity index is 2.16. The van der Waals surface area contributed by atoms with Gasteiger partial charge in [-0.1, -0.05) is 0 Å². The predicted molar refractivity (Wildman–Crippen MR) is 73.4 cm³/mol. The number of nitrogens with two attached hydrogens (primary N) is 1. The van der Waals surface area contributed by atoms with E-state index in [1.165, 1.54) is 4.68 Å². The van der Waals surface area contributed by atoms with Crippen molar-refractivity contribution in [2.45, 2.75) is 12.2 Å². The van der Waals surface area contributed by atoms with Gasteiger partial charge < -0.3 is 11.1 Å². The third-order valence-electron chi connectivity index (χ3n) is 2.46. The Hall–Kier alpha value is -2.03. The molecule has 2 atom stereocenters. The van der Waals surface area contributed by atoms with Crippen LogP contribution in [0.2, 0.25) is 0 Å². The van der Waals surface area contributed by atoms with Gasteiger partial charge in [-0.3, -0.25) is 4.21 Å². The molecule has 2 aromatic rings. The summed E-state index contributed by atoms with van der Waals surface area (Å²) in [4.78, 5) is 12.2. The number of nitrogen functional groups attached to an aromatic ring is 1. The van der Waals surface area contributed by atoms with E-state index in [9.17, 15) is 4.21 Å². The lowest BCUT2D eigenvalue weighted by Gasteiger charge is -2.10. The maximum Gasteiger partial charge on any atom is 0.257 e. The maximum absolute atomic E-state index is 11.3. The number of nitrogens with zero attached hydrogens (tertiary/aromatic N) is 5. The fourth-order valence-electron chi connectivity index (χ4n) is 1.30. The Morgan fingerprint density at radius 3 is 2.89 bits per heavy atom. The minimum atomic E-state index is -0.907. The van der Waals surface area contributed by atoms with Gasteiger partial charge in [-0.25, -0.2) is 4.68 Å². The Bertz CT molecular complexity index is 571. The van der Waals surface area contributed by atoms with E-state index in [4.69, 9.17) is 5.73 Å². The van der Waals surface area contributed by atoms with Crippen molar-refractivity contribution in [3.8, 4) is 5.95 Å². The quantitative estimate of drug-likeness (QED) is 0.781. The molecule has 0 saturated carbocycles. The molecular weight excluding hydrogens is 266 g/mol. The first-order chi connectivity index (χ1) is 9.06. The van der Waals surface area contributed by atoms with Crippen LogP contribution in [-0.2, 0) is 10.8 Å². The van der Waals surface area contributed by atoms with Crippen molar-refractivity contribution in [2.24, 2.45) is 0 Å². The van der Waals surface area contributed by atoms with Crippen LogP contribution in [-0.4, -0.2) is 47.0 Å². The fraction of sp³-hybridized carbons (Fsp3) is 0.400. The van der Waals surface area contributed by atoms with E-state index >= 15 is 0 Å². The zero-order chi connectivity index (χ0) is 13.8. The molecule has 0 fully saturated rings. The number of rotatable bonds is 5. The average Bonchev–Trinajstić information content (AvgIpc) is 2.89. The number of anilines is 2. The first kappa shape index (κ1) is 13.4. The molecule has 2 unspecified atom stereocenters. The molecule has 0 aliphatic rings. The van der Waals surface area contributed by atoms with Gasteiger partial charge in [0.2, 0.25) is 11.9 Å². The lowest BCUT2D eigenvalue weighted by atomic mass is 10.5. The molecule has 0 saturated heterocycles. The first-order valence-electron chi connectivity index (χ1n) is 5.64. The average molecular weight is 281 g/mol. The van der Waals surface area contributed by atoms with Crippen LogP contribution in [0.1, 0.15) is 6.92 Å². The van der Waals surface area contributed by atoms with E-state index in [2.05, 4.69) is 25.4 Å². The van der Waals surface area contributed by atoms with Gasteiger partial charge in [0.1, 0.15) is 0 Å². The zero-order valence-corrected chi connectivity index (χ0v) is 11.5. The summed E-state index contributed by atoms with van der Waals surface area (Å²) in [6.45, 7) is 2.37. The molecule has 0 aromatic carbocycles. The Morgan fingerprint density at radius 2 is 2.26 bits per heavy atom. The summed E-state index contributed by atoms with van der Waals surface area (Å²) in [6.07, 6.45) is 4.99. The fourth-order valence-corrected chi connectivity index (χ4v) is 1.62. The van der Waals surface area contributed by atoms with Gasteiger partial charge in [-0.05, 0) is 13.0 Å². The largest absolute Gasteiger partial charge is 0.368 e. The molecule has 0 aliphatic carbocycles. The molecule has 3 N–H and O–H groups in total. The third kappa shape index (κ3) is 3.47. The second-order valence-electron chi connectivity index (χ2n) is 3.96.